The molecule has 8 heteroatoms. The molecule has 0 aliphatic carbocycles. The number of halogens is 3. The number of hydrogen-bond acceptors (Lipinski definition) is 3. The van der Waals surface area contributed by atoms with Crippen LogP contribution in [-0.4, -0.2) is 30.5 Å². The summed E-state index contributed by atoms with van der Waals surface area (Å²) >= 11 is 1.00. The van der Waals surface area contributed by atoms with Crippen LogP contribution in [0, 0.1) is 0 Å². The Balaban J connectivity index is 4.57. The average molecular weight is 176 g/mol. The number of rotatable bonds is 1. The molecule has 0 saturated heterocycles. The Hall–Kier alpha value is 0.232. The van der Waals surface area contributed by atoms with Crippen molar-refractivity contribution in [3.05, 3.63) is 0 Å². The fourth-order valence-electron chi connectivity index (χ4n) is 0.0546. The highest BCUT2D eigenvalue weighted by Crippen LogP contribution is 2.23. The maximum absolute atomic E-state index is 11.1. The summed E-state index contributed by atoms with van der Waals surface area (Å²) in [6, 6.07) is 0. The predicted octanol–water partition coefficient (Wildman–Crippen LogP) is -0.0639. The summed E-state index contributed by atoms with van der Waals surface area (Å²) in [4.78, 5) is 0. The third-order valence-electron chi connectivity index (χ3n) is 0.410. The van der Waals surface area contributed by atoms with Gasteiger partial charge in [-0.25, -0.2) is 0 Å². The summed E-state index contributed by atoms with van der Waals surface area (Å²) < 4.78 is 55.7. The lowest BCUT2D eigenvalue weighted by molar-refractivity contribution is -0.0497. The lowest BCUT2D eigenvalue weighted by Gasteiger charge is -2.04. The highest BCUT2D eigenvalue weighted by molar-refractivity contribution is 7.88. The van der Waals surface area contributed by atoms with E-state index >= 15 is 0 Å². The van der Waals surface area contributed by atoms with E-state index in [1.54, 1.807) is 0 Å². The monoisotopic (exact) mass is 176 g/mol. The molecule has 0 atom stereocenters. The van der Waals surface area contributed by atoms with Gasteiger partial charge in [0.15, 0.2) is 0 Å². The third kappa shape index (κ3) is 2.14. The van der Waals surface area contributed by atoms with E-state index in [2.05, 4.69) is 3.23 Å². The van der Waals surface area contributed by atoms with Crippen molar-refractivity contribution in [2.45, 2.75) is 5.51 Å². The zero-order valence-corrected chi connectivity index (χ0v) is 5.82. The van der Waals surface area contributed by atoms with Crippen LogP contribution in [0.2, 0.25) is 0 Å². The van der Waals surface area contributed by atoms with Crippen LogP contribution >= 0.6 is 0 Å². The van der Waals surface area contributed by atoms with Crippen molar-refractivity contribution in [2.75, 3.05) is 0 Å². The molecule has 2 radical (unpaired) electrons. The quantitative estimate of drug-likeness (QED) is 0.415. The predicted molar refractivity (Wildman–Crippen MR) is 21.8 cm³/mol. The highest BCUT2D eigenvalue weighted by atomic mass is 32.2. The summed E-state index contributed by atoms with van der Waals surface area (Å²) in [7, 11) is -5.37. The van der Waals surface area contributed by atoms with Crippen molar-refractivity contribution in [2.24, 2.45) is 0 Å². The zero-order valence-electron chi connectivity index (χ0n) is 3.84. The minimum atomic E-state index is -5.37. The molecule has 0 N–H and O–H groups in total. The number of alkyl halides is 3. The lowest BCUT2D eigenvalue weighted by Crippen LogP contribution is -2.24. The first-order valence-electron chi connectivity index (χ1n) is 1.51. The van der Waals surface area contributed by atoms with Crippen LogP contribution in [-0.2, 0) is 13.4 Å². The first-order valence-corrected chi connectivity index (χ1v) is 3.39. The van der Waals surface area contributed by atoms with Crippen molar-refractivity contribution in [3.63, 3.8) is 0 Å². The molecule has 0 aliphatic rings. The van der Waals surface area contributed by atoms with E-state index in [9.17, 15) is 21.6 Å². The van der Waals surface area contributed by atoms with E-state index in [1.807, 2.05) is 0 Å². The van der Waals surface area contributed by atoms with E-state index in [0.29, 0.717) is 0 Å². The summed E-state index contributed by atoms with van der Waals surface area (Å²) in [5.41, 5.74) is -5.32. The Labute approximate surface area is 57.7 Å². The van der Waals surface area contributed by atoms with E-state index in [4.69, 9.17) is 0 Å². The standard InChI is InChI=1S/CHF3O3S.Al/c2-1(3,4)8(5,6)7;/h(H,5,6,7);/q;+1/p-1. The minimum Gasteiger partial charge on any atom is -0.416 e. The Bertz CT molecular complexity index is 180. The topological polar surface area (TPSA) is 43.4 Å². The molecule has 0 amide bonds. The van der Waals surface area contributed by atoms with Crippen LogP contribution in [0.3, 0.4) is 0 Å². The van der Waals surface area contributed by atoms with Gasteiger partial charge in [0.05, 0.1) is 0 Å². The van der Waals surface area contributed by atoms with Gasteiger partial charge in [-0.2, -0.15) is 21.6 Å². The van der Waals surface area contributed by atoms with E-state index in [1.165, 1.54) is 0 Å². The fraction of sp³-hybridized carbons (Fsp3) is 1.00. The average Bonchev–Trinajstić information content (AvgIpc) is 1.64. The van der Waals surface area contributed by atoms with Gasteiger partial charge in [0, 0.05) is 0 Å². The molecular weight excluding hydrogens is 176 g/mol. The molecule has 0 fully saturated rings. The first-order chi connectivity index (χ1) is 3.81. The first kappa shape index (κ1) is 9.23. The van der Waals surface area contributed by atoms with Gasteiger partial charge in [0.2, 0.25) is 0 Å². The second-order valence-electron chi connectivity index (χ2n) is 0.996. The SMILES string of the molecule is O=S(=O)([O][Al])C(F)(F)F. The normalized spacial score (nSPS) is 13.7. The van der Waals surface area contributed by atoms with Crippen molar-refractivity contribution < 1.29 is 24.8 Å². The summed E-state index contributed by atoms with van der Waals surface area (Å²) in [6.45, 7) is 0. The van der Waals surface area contributed by atoms with Crippen molar-refractivity contribution in [1.82, 2.24) is 0 Å². The molecule has 0 rings (SSSR count). The van der Waals surface area contributed by atoms with E-state index < -0.39 is 15.6 Å². The molecule has 0 aromatic heterocycles. The van der Waals surface area contributed by atoms with Crippen LogP contribution in [0.1, 0.15) is 0 Å². The summed E-state index contributed by atoms with van der Waals surface area (Å²) in [5.74, 6) is 0. The van der Waals surface area contributed by atoms with E-state index in [0.717, 1.165) is 16.6 Å². The van der Waals surface area contributed by atoms with E-state index in [-0.39, 0.29) is 0 Å². The minimum absolute atomic E-state index is 1.00. The molecule has 0 aromatic carbocycles. The van der Waals surface area contributed by atoms with Crippen LogP contribution in [0.25, 0.3) is 0 Å². The maximum atomic E-state index is 11.1. The van der Waals surface area contributed by atoms with Gasteiger partial charge in [-0.05, 0) is 0 Å². The summed E-state index contributed by atoms with van der Waals surface area (Å²) in [6.07, 6.45) is 0. The molecule has 3 nitrogen and oxygen atoms in total. The van der Waals surface area contributed by atoms with Crippen LogP contribution < -0.4 is 0 Å². The second-order valence-corrected chi connectivity index (χ2v) is 3.14. The Morgan fingerprint density at radius 1 is 1.33 bits per heavy atom. The van der Waals surface area contributed by atoms with Crippen LogP contribution in [0.4, 0.5) is 13.2 Å². The van der Waals surface area contributed by atoms with Gasteiger partial charge in [0.1, 0.15) is 0 Å². The van der Waals surface area contributed by atoms with Gasteiger partial charge >= 0.3 is 32.3 Å². The molecule has 0 aliphatic heterocycles. The largest absolute Gasteiger partial charge is 0.520 e. The molecule has 0 bridgehead atoms. The van der Waals surface area contributed by atoms with Crippen LogP contribution in [0.5, 0.6) is 0 Å². The van der Waals surface area contributed by atoms with Gasteiger partial charge in [0.25, 0.3) is 0 Å². The van der Waals surface area contributed by atoms with Gasteiger partial charge < -0.3 is 3.23 Å². The molecule has 0 saturated carbocycles. The second kappa shape index (κ2) is 2.46. The third-order valence-corrected chi connectivity index (χ3v) is 1.99. The molecule has 0 spiro atoms. The highest BCUT2D eigenvalue weighted by Gasteiger charge is 2.45. The Kier molecular flexibility index (Phi) is 2.52. The smallest absolute Gasteiger partial charge is 0.416 e. The molecule has 0 aromatic rings. The van der Waals surface area contributed by atoms with Gasteiger partial charge in [-0.1, -0.05) is 0 Å². The van der Waals surface area contributed by atoms with Gasteiger partial charge in [-0.15, -0.1) is 0 Å². The van der Waals surface area contributed by atoms with Crippen molar-refractivity contribution >= 4 is 26.7 Å². The van der Waals surface area contributed by atoms with Gasteiger partial charge in [-0.3, -0.25) is 0 Å². The molecular formula is CAlF3O3S. The molecule has 0 unspecified atom stereocenters. The number of hydrogen-bond donors (Lipinski definition) is 0. The summed E-state index contributed by atoms with van der Waals surface area (Å²) in [5, 5.41) is 0. The Morgan fingerprint density at radius 2 is 1.67 bits per heavy atom. The Morgan fingerprint density at radius 3 is 1.67 bits per heavy atom. The molecule has 0 heterocycles. The lowest BCUT2D eigenvalue weighted by atomic mass is 11.6. The van der Waals surface area contributed by atoms with Crippen LogP contribution in [0.15, 0.2) is 0 Å². The molecule has 9 heavy (non-hydrogen) atoms. The van der Waals surface area contributed by atoms with Crippen molar-refractivity contribution in [3.8, 4) is 0 Å². The molecule has 52 valence electrons. The van der Waals surface area contributed by atoms with Crippen molar-refractivity contribution in [1.29, 1.82) is 0 Å². The maximum Gasteiger partial charge on any atom is 0.520 e. The zero-order chi connectivity index (χ0) is 7.71. The fourth-order valence-corrected chi connectivity index (χ4v) is 0.491.